The van der Waals surface area contributed by atoms with E-state index in [1.54, 1.807) is 12.1 Å². The lowest BCUT2D eigenvalue weighted by Crippen LogP contribution is -2.35. The highest BCUT2D eigenvalue weighted by atomic mass is 16.7. The fourth-order valence-corrected chi connectivity index (χ4v) is 1.99. The molecule has 1 aromatic carbocycles. The smallest absolute Gasteiger partial charge is 0.274 e. The van der Waals surface area contributed by atoms with Crippen LogP contribution >= 0.6 is 0 Å². The monoisotopic (exact) mass is 234 g/mol. The fourth-order valence-electron chi connectivity index (χ4n) is 1.99. The third kappa shape index (κ3) is 3.54. The molecule has 0 saturated heterocycles. The third-order valence-electron chi connectivity index (χ3n) is 3.07. The van der Waals surface area contributed by atoms with Crippen molar-refractivity contribution >= 4 is 5.91 Å². The molecule has 0 aliphatic heterocycles. The normalized spacial score (nSPS) is 24.3. The predicted octanol–water partition coefficient (Wildman–Crippen LogP) is 1.62. The number of benzene rings is 1. The zero-order valence-corrected chi connectivity index (χ0v) is 9.76. The van der Waals surface area contributed by atoms with Crippen molar-refractivity contribution in [2.75, 3.05) is 0 Å². The summed E-state index contributed by atoms with van der Waals surface area (Å²) in [6.07, 6.45) is 3.85. The number of carbonyl (C=O) groups excluding carboxylic acids is 1. The topological polar surface area (TPSA) is 64.3 Å². The van der Waals surface area contributed by atoms with Crippen LogP contribution in [0.25, 0.3) is 0 Å². The van der Waals surface area contributed by atoms with E-state index in [1.807, 2.05) is 18.2 Å². The SMILES string of the molecule is NC1CCC(ONC(=O)c2ccccc2)CC1. The second-order valence-electron chi connectivity index (χ2n) is 4.45. The minimum atomic E-state index is -0.194. The standard InChI is InChI=1S/C13H18N2O2/c14-11-6-8-12(9-7-11)17-15-13(16)10-4-2-1-3-5-10/h1-5,11-12H,6-9,14H2,(H,15,16). The summed E-state index contributed by atoms with van der Waals surface area (Å²) in [6, 6.07) is 9.34. The molecule has 1 saturated carbocycles. The lowest BCUT2D eigenvalue weighted by molar-refractivity contribution is -0.0331. The maximum Gasteiger partial charge on any atom is 0.274 e. The van der Waals surface area contributed by atoms with E-state index in [9.17, 15) is 4.79 Å². The van der Waals surface area contributed by atoms with E-state index in [0.717, 1.165) is 25.7 Å². The van der Waals surface area contributed by atoms with Crippen LogP contribution in [0.3, 0.4) is 0 Å². The zero-order valence-electron chi connectivity index (χ0n) is 9.76. The van der Waals surface area contributed by atoms with Gasteiger partial charge in [-0.1, -0.05) is 18.2 Å². The van der Waals surface area contributed by atoms with Crippen LogP contribution in [0.15, 0.2) is 30.3 Å². The van der Waals surface area contributed by atoms with Crippen molar-refractivity contribution in [1.29, 1.82) is 0 Å². The molecule has 0 bridgehead atoms. The zero-order chi connectivity index (χ0) is 12.1. The molecule has 1 amide bonds. The number of nitrogens with two attached hydrogens (primary N) is 1. The minimum absolute atomic E-state index is 0.0995. The number of amides is 1. The third-order valence-corrected chi connectivity index (χ3v) is 3.07. The van der Waals surface area contributed by atoms with E-state index in [4.69, 9.17) is 10.6 Å². The molecule has 92 valence electrons. The number of hydrogen-bond acceptors (Lipinski definition) is 3. The Labute approximate surface area is 101 Å². The quantitative estimate of drug-likeness (QED) is 0.781. The molecular formula is C13H18N2O2. The molecule has 1 fully saturated rings. The summed E-state index contributed by atoms with van der Waals surface area (Å²) < 4.78 is 0. The first-order chi connectivity index (χ1) is 8.25. The Kier molecular flexibility index (Phi) is 4.12. The van der Waals surface area contributed by atoms with Gasteiger partial charge < -0.3 is 5.73 Å². The number of hydroxylamine groups is 1. The molecule has 17 heavy (non-hydrogen) atoms. The van der Waals surface area contributed by atoms with Crippen LogP contribution in [0.1, 0.15) is 36.0 Å². The van der Waals surface area contributed by atoms with Gasteiger partial charge in [-0.25, -0.2) is 5.48 Å². The summed E-state index contributed by atoms with van der Waals surface area (Å²) in [6.45, 7) is 0. The molecule has 0 radical (unpaired) electrons. The Bertz CT molecular complexity index is 359. The van der Waals surface area contributed by atoms with E-state index >= 15 is 0 Å². The van der Waals surface area contributed by atoms with Gasteiger partial charge in [-0.2, -0.15) is 0 Å². The lowest BCUT2D eigenvalue weighted by atomic mass is 9.94. The minimum Gasteiger partial charge on any atom is -0.328 e. The molecule has 0 atom stereocenters. The maximum absolute atomic E-state index is 11.7. The number of rotatable bonds is 3. The fraction of sp³-hybridized carbons (Fsp3) is 0.462. The van der Waals surface area contributed by atoms with Crippen LogP contribution in [0, 0.1) is 0 Å². The van der Waals surface area contributed by atoms with Crippen LogP contribution in [0.2, 0.25) is 0 Å². The van der Waals surface area contributed by atoms with Crippen molar-refractivity contribution in [3.63, 3.8) is 0 Å². The number of hydrogen-bond donors (Lipinski definition) is 2. The van der Waals surface area contributed by atoms with Crippen LogP contribution in [-0.2, 0) is 4.84 Å². The van der Waals surface area contributed by atoms with Crippen molar-refractivity contribution in [2.45, 2.75) is 37.8 Å². The first-order valence-electron chi connectivity index (χ1n) is 6.02. The number of carbonyl (C=O) groups is 1. The van der Waals surface area contributed by atoms with Crippen molar-refractivity contribution < 1.29 is 9.63 Å². The number of nitrogens with one attached hydrogen (secondary N) is 1. The molecule has 1 aromatic rings. The van der Waals surface area contributed by atoms with Gasteiger partial charge in [0.15, 0.2) is 0 Å². The van der Waals surface area contributed by atoms with Crippen molar-refractivity contribution in [2.24, 2.45) is 5.73 Å². The van der Waals surface area contributed by atoms with E-state index in [1.165, 1.54) is 0 Å². The molecule has 3 N–H and O–H groups in total. The molecule has 4 nitrogen and oxygen atoms in total. The van der Waals surface area contributed by atoms with E-state index < -0.39 is 0 Å². The summed E-state index contributed by atoms with van der Waals surface area (Å²) >= 11 is 0. The average molecular weight is 234 g/mol. The first kappa shape index (κ1) is 12.1. The summed E-state index contributed by atoms with van der Waals surface area (Å²) in [5.41, 5.74) is 8.92. The van der Waals surface area contributed by atoms with Gasteiger partial charge in [0.1, 0.15) is 0 Å². The van der Waals surface area contributed by atoms with Gasteiger partial charge in [-0.05, 0) is 37.8 Å². The molecule has 0 spiro atoms. The lowest BCUT2D eigenvalue weighted by Gasteiger charge is -2.25. The molecule has 0 aromatic heterocycles. The molecule has 4 heteroatoms. The van der Waals surface area contributed by atoms with Crippen LogP contribution < -0.4 is 11.2 Å². The molecule has 1 aliphatic rings. The second kappa shape index (κ2) is 5.80. The highest BCUT2D eigenvalue weighted by Gasteiger charge is 2.20. The Morgan fingerprint density at radius 2 is 1.82 bits per heavy atom. The van der Waals surface area contributed by atoms with Gasteiger partial charge in [0.25, 0.3) is 5.91 Å². The molecule has 1 aliphatic carbocycles. The average Bonchev–Trinajstić information content (AvgIpc) is 2.39. The highest BCUT2D eigenvalue weighted by Crippen LogP contribution is 2.18. The van der Waals surface area contributed by atoms with Crippen molar-refractivity contribution in [3.8, 4) is 0 Å². The summed E-state index contributed by atoms with van der Waals surface area (Å²) in [5.74, 6) is -0.194. The van der Waals surface area contributed by atoms with Crippen LogP contribution in [0.4, 0.5) is 0 Å². The Morgan fingerprint density at radius 3 is 2.47 bits per heavy atom. The van der Waals surface area contributed by atoms with Crippen molar-refractivity contribution in [1.82, 2.24) is 5.48 Å². The largest absolute Gasteiger partial charge is 0.328 e. The maximum atomic E-state index is 11.7. The van der Waals surface area contributed by atoms with Gasteiger partial charge in [-0.3, -0.25) is 9.63 Å². The molecule has 2 rings (SSSR count). The first-order valence-corrected chi connectivity index (χ1v) is 6.02. The van der Waals surface area contributed by atoms with Crippen LogP contribution in [0.5, 0.6) is 0 Å². The Balaban J connectivity index is 1.77. The van der Waals surface area contributed by atoms with Gasteiger partial charge in [-0.15, -0.1) is 0 Å². The van der Waals surface area contributed by atoms with Crippen molar-refractivity contribution in [3.05, 3.63) is 35.9 Å². The second-order valence-corrected chi connectivity index (χ2v) is 4.45. The van der Waals surface area contributed by atoms with E-state index in [-0.39, 0.29) is 12.0 Å². The Hall–Kier alpha value is -1.39. The molecular weight excluding hydrogens is 216 g/mol. The van der Waals surface area contributed by atoms with E-state index in [0.29, 0.717) is 11.6 Å². The van der Waals surface area contributed by atoms with Gasteiger partial charge in [0.05, 0.1) is 6.10 Å². The van der Waals surface area contributed by atoms with E-state index in [2.05, 4.69) is 5.48 Å². The van der Waals surface area contributed by atoms with Gasteiger partial charge in [0.2, 0.25) is 0 Å². The van der Waals surface area contributed by atoms with Gasteiger partial charge >= 0.3 is 0 Å². The Morgan fingerprint density at radius 1 is 1.18 bits per heavy atom. The molecule has 0 heterocycles. The summed E-state index contributed by atoms with van der Waals surface area (Å²) in [7, 11) is 0. The summed E-state index contributed by atoms with van der Waals surface area (Å²) in [5, 5.41) is 0. The predicted molar refractivity (Wildman–Crippen MR) is 65.2 cm³/mol. The summed E-state index contributed by atoms with van der Waals surface area (Å²) in [4.78, 5) is 17.1. The highest BCUT2D eigenvalue weighted by molar-refractivity contribution is 5.93. The van der Waals surface area contributed by atoms with Crippen LogP contribution in [-0.4, -0.2) is 18.1 Å². The molecule has 0 unspecified atom stereocenters. The van der Waals surface area contributed by atoms with Gasteiger partial charge in [0, 0.05) is 11.6 Å².